The number of carbonyl (C=O) groups excluding carboxylic acids is 3. The van der Waals surface area contributed by atoms with Gasteiger partial charge in [0.15, 0.2) is 11.9 Å². The third-order valence-corrected chi connectivity index (χ3v) is 6.03. The van der Waals surface area contributed by atoms with Crippen LogP contribution in [0.5, 0.6) is 5.75 Å². The number of carbonyl (C=O) groups is 3. The number of aromatic hydroxyl groups is 1. The van der Waals surface area contributed by atoms with Gasteiger partial charge in [0.25, 0.3) is 5.91 Å². The first-order valence-electron chi connectivity index (χ1n) is 13.2. The van der Waals surface area contributed by atoms with E-state index in [0.29, 0.717) is 23.4 Å². The monoisotopic (exact) mass is 567 g/mol. The minimum atomic E-state index is -1.29. The molecule has 0 aliphatic heterocycles. The second kappa shape index (κ2) is 13.6. The normalized spacial score (nSPS) is 12.7. The third-order valence-electron chi connectivity index (χ3n) is 6.03. The maximum Gasteiger partial charge on any atom is 0.407 e. The Morgan fingerprint density at radius 2 is 1.76 bits per heavy atom. The van der Waals surface area contributed by atoms with Gasteiger partial charge in [0.1, 0.15) is 17.4 Å². The van der Waals surface area contributed by atoms with Gasteiger partial charge in [-0.05, 0) is 75.4 Å². The first kappa shape index (κ1) is 30.9. The summed E-state index contributed by atoms with van der Waals surface area (Å²) >= 11 is 0. The molecule has 0 aliphatic rings. The van der Waals surface area contributed by atoms with Crippen LogP contribution >= 0.6 is 0 Å². The molecule has 2 aromatic carbocycles. The summed E-state index contributed by atoms with van der Waals surface area (Å²) in [5, 5.41) is 19.4. The fraction of sp³-hybridized carbons (Fsp3) is 0.414. The number of hydrogen-bond donors (Lipinski definition) is 4. The van der Waals surface area contributed by atoms with E-state index in [9.17, 15) is 19.5 Å². The Morgan fingerprint density at radius 1 is 1.10 bits per heavy atom. The van der Waals surface area contributed by atoms with Crippen LogP contribution in [0.2, 0.25) is 0 Å². The first-order chi connectivity index (χ1) is 19.3. The molecule has 41 heavy (non-hydrogen) atoms. The number of nitrogens with one attached hydrogen (secondary N) is 2. The minimum Gasteiger partial charge on any atom is -0.508 e. The van der Waals surface area contributed by atoms with Crippen molar-refractivity contribution >= 4 is 18.1 Å². The highest BCUT2D eigenvalue weighted by atomic mass is 16.6. The Labute approximate surface area is 238 Å². The van der Waals surface area contributed by atoms with E-state index >= 15 is 0 Å². The molecule has 5 N–H and O–H groups in total. The average Bonchev–Trinajstić information content (AvgIpc) is 3.32. The Bertz CT molecular complexity index is 1330. The third kappa shape index (κ3) is 9.82. The van der Waals surface area contributed by atoms with Crippen LogP contribution in [-0.2, 0) is 27.1 Å². The highest BCUT2D eigenvalue weighted by molar-refractivity contribution is 5.84. The van der Waals surface area contributed by atoms with Gasteiger partial charge in [-0.15, -0.1) is 0 Å². The number of aryl methyl sites for hydroxylation is 2. The highest BCUT2D eigenvalue weighted by Crippen LogP contribution is 2.24. The molecule has 0 radical (unpaired) electrons. The minimum absolute atomic E-state index is 0.0126. The van der Waals surface area contributed by atoms with Crippen molar-refractivity contribution < 1.29 is 33.5 Å². The average molecular weight is 568 g/mol. The summed E-state index contributed by atoms with van der Waals surface area (Å²) in [7, 11) is 0. The number of nitrogens with zero attached hydrogens (tertiary/aromatic N) is 2. The van der Waals surface area contributed by atoms with E-state index in [4.69, 9.17) is 19.7 Å². The van der Waals surface area contributed by atoms with Crippen LogP contribution < -0.4 is 16.4 Å². The number of nitrogens with two attached hydrogens (primary N) is 1. The smallest absolute Gasteiger partial charge is 0.407 e. The lowest BCUT2D eigenvalue weighted by Gasteiger charge is -2.23. The fourth-order valence-electron chi connectivity index (χ4n) is 4.22. The Kier molecular flexibility index (Phi) is 10.3. The van der Waals surface area contributed by atoms with Gasteiger partial charge in [-0.2, -0.15) is 4.98 Å². The van der Waals surface area contributed by atoms with E-state index in [1.807, 2.05) is 30.3 Å². The lowest BCUT2D eigenvalue weighted by molar-refractivity contribution is -0.130. The quantitative estimate of drug-likeness (QED) is 0.268. The van der Waals surface area contributed by atoms with Gasteiger partial charge in [0.2, 0.25) is 5.89 Å². The first-order valence-corrected chi connectivity index (χ1v) is 13.2. The number of primary amides is 1. The van der Waals surface area contributed by atoms with Crippen LogP contribution in [0.1, 0.15) is 67.2 Å². The number of phenols is 1. The molecule has 0 spiro atoms. The Hall–Kier alpha value is -4.61. The molecule has 12 nitrogen and oxygen atoms in total. The lowest BCUT2D eigenvalue weighted by atomic mass is 9.96. The van der Waals surface area contributed by atoms with Gasteiger partial charge in [0, 0.05) is 19.4 Å². The molecule has 1 aromatic heterocycles. The zero-order valence-electron chi connectivity index (χ0n) is 23.9. The van der Waals surface area contributed by atoms with Crippen molar-refractivity contribution in [1.82, 2.24) is 20.8 Å². The second-order valence-electron chi connectivity index (χ2n) is 10.7. The summed E-state index contributed by atoms with van der Waals surface area (Å²) < 4.78 is 15.9. The molecule has 2 unspecified atom stereocenters. The second-order valence-corrected chi connectivity index (χ2v) is 10.7. The van der Waals surface area contributed by atoms with Crippen LogP contribution in [0.3, 0.4) is 0 Å². The van der Waals surface area contributed by atoms with E-state index in [2.05, 4.69) is 20.8 Å². The number of ether oxygens (including phenoxy) is 2. The molecule has 0 saturated heterocycles. The molecular weight excluding hydrogens is 530 g/mol. The van der Waals surface area contributed by atoms with Crippen LogP contribution in [-0.4, -0.2) is 51.6 Å². The fourth-order valence-corrected chi connectivity index (χ4v) is 4.22. The molecule has 0 aliphatic carbocycles. The van der Waals surface area contributed by atoms with Gasteiger partial charge in [-0.25, -0.2) is 9.59 Å². The predicted molar refractivity (Wildman–Crippen MR) is 149 cm³/mol. The summed E-state index contributed by atoms with van der Waals surface area (Å²) in [6.07, 6.45) is -2.44. The largest absolute Gasteiger partial charge is 0.508 e. The topological polar surface area (TPSA) is 179 Å². The zero-order valence-corrected chi connectivity index (χ0v) is 23.9. The molecule has 12 heteroatoms. The molecule has 3 amide bonds. The number of rotatable bonds is 11. The molecule has 0 fully saturated rings. The van der Waals surface area contributed by atoms with Crippen molar-refractivity contribution in [2.45, 2.75) is 71.6 Å². The van der Waals surface area contributed by atoms with Gasteiger partial charge < -0.3 is 35.5 Å². The molecule has 0 bridgehead atoms. The lowest BCUT2D eigenvalue weighted by Crippen LogP contribution is -2.43. The molecule has 1 heterocycles. The van der Waals surface area contributed by atoms with E-state index in [1.165, 1.54) is 0 Å². The van der Waals surface area contributed by atoms with E-state index in [-0.39, 0.29) is 31.0 Å². The van der Waals surface area contributed by atoms with Crippen LogP contribution in [0, 0.1) is 13.8 Å². The Balaban J connectivity index is 1.81. The summed E-state index contributed by atoms with van der Waals surface area (Å²) in [5.74, 6) is -0.0440. The summed E-state index contributed by atoms with van der Waals surface area (Å²) in [6, 6.07) is 11.8. The van der Waals surface area contributed by atoms with E-state index < -0.39 is 35.8 Å². The summed E-state index contributed by atoms with van der Waals surface area (Å²) in [6.45, 7) is 8.90. The highest BCUT2D eigenvalue weighted by Gasteiger charge is 2.29. The van der Waals surface area contributed by atoms with Crippen molar-refractivity contribution in [2.75, 3.05) is 6.54 Å². The maximum atomic E-state index is 13.4. The van der Waals surface area contributed by atoms with Crippen molar-refractivity contribution in [3.63, 3.8) is 0 Å². The SMILES string of the molecule is Cc1cc(O)cc(C)c1CC(OC(N)=O)C(=O)NC(CCNC(=O)OC(C)(C)C)c1nc(Cc2ccccc2)no1. The predicted octanol–water partition coefficient (Wildman–Crippen LogP) is 3.76. The molecular formula is C29H37N5O7. The molecule has 3 rings (SSSR count). The molecule has 2 atom stereocenters. The number of alkyl carbamates (subject to hydrolysis) is 1. The van der Waals surface area contributed by atoms with Gasteiger partial charge in [-0.3, -0.25) is 4.79 Å². The number of aromatic nitrogens is 2. The standard InChI is InChI=1S/C29H37N5O7/c1-17-13-20(35)14-18(2)21(17)16-23(39-27(30)37)25(36)32-22(11-12-31-28(38)40-29(3,4)5)26-33-24(34-41-26)15-19-9-7-6-8-10-19/h6-10,13-14,22-23,35H,11-12,15-16H2,1-5H3,(H2,30,37)(H,31,38)(H,32,36). The zero-order chi connectivity index (χ0) is 30.2. The number of hydrogen-bond acceptors (Lipinski definition) is 9. The van der Waals surface area contributed by atoms with Crippen LogP contribution in [0.4, 0.5) is 9.59 Å². The van der Waals surface area contributed by atoms with Gasteiger partial charge >= 0.3 is 12.2 Å². The van der Waals surface area contributed by atoms with E-state index in [1.54, 1.807) is 46.8 Å². The summed E-state index contributed by atoms with van der Waals surface area (Å²) in [5.41, 5.74) is 7.73. The van der Waals surface area contributed by atoms with Crippen molar-refractivity contribution in [1.29, 1.82) is 0 Å². The summed E-state index contributed by atoms with van der Waals surface area (Å²) in [4.78, 5) is 41.8. The van der Waals surface area contributed by atoms with Gasteiger partial charge in [0.05, 0.1) is 0 Å². The van der Waals surface area contributed by atoms with Crippen molar-refractivity contribution in [2.24, 2.45) is 5.73 Å². The molecule has 3 aromatic rings. The number of phenolic OH excluding ortho intramolecular Hbond substituents is 1. The Morgan fingerprint density at radius 3 is 2.37 bits per heavy atom. The van der Waals surface area contributed by atoms with E-state index in [0.717, 1.165) is 11.1 Å². The van der Waals surface area contributed by atoms with Crippen molar-refractivity contribution in [3.8, 4) is 5.75 Å². The van der Waals surface area contributed by atoms with Gasteiger partial charge in [-0.1, -0.05) is 35.5 Å². The maximum absolute atomic E-state index is 13.4. The number of benzene rings is 2. The molecule has 0 saturated carbocycles. The van der Waals surface area contributed by atoms with Crippen LogP contribution in [0.15, 0.2) is 47.0 Å². The number of amides is 3. The van der Waals surface area contributed by atoms with Crippen molar-refractivity contribution in [3.05, 3.63) is 76.4 Å². The molecule has 220 valence electrons. The van der Waals surface area contributed by atoms with Crippen LogP contribution in [0.25, 0.3) is 0 Å².